The fourth-order valence-corrected chi connectivity index (χ4v) is 3.63. The van der Waals surface area contributed by atoms with Crippen LogP contribution in [0.25, 0.3) is 0 Å². The molecule has 0 saturated carbocycles. The molecule has 3 N–H and O–H groups in total. The Morgan fingerprint density at radius 2 is 2.11 bits per heavy atom. The second-order valence-electron chi connectivity index (χ2n) is 7.54. The number of hydrogen-bond donors (Lipinski definition) is 2. The van der Waals surface area contributed by atoms with Crippen LogP contribution in [0.2, 0.25) is 0 Å². The van der Waals surface area contributed by atoms with Crippen molar-refractivity contribution in [2.75, 3.05) is 11.9 Å². The van der Waals surface area contributed by atoms with Crippen molar-refractivity contribution in [1.29, 1.82) is 0 Å². The van der Waals surface area contributed by atoms with Crippen molar-refractivity contribution in [3.05, 3.63) is 22.4 Å². The zero-order valence-electron chi connectivity index (χ0n) is 15.0. The highest BCUT2D eigenvalue weighted by Gasteiger charge is 2.57. The average Bonchev–Trinajstić information content (AvgIpc) is 2.89. The van der Waals surface area contributed by atoms with Gasteiger partial charge < -0.3 is 20.5 Å². The summed E-state index contributed by atoms with van der Waals surface area (Å²) < 4.78 is 25.2. The zero-order valence-corrected chi connectivity index (χ0v) is 16.6. The number of nitrogens with one attached hydrogen (secondary N) is 1. The van der Waals surface area contributed by atoms with Crippen LogP contribution in [0.4, 0.5) is 14.9 Å². The Kier molecular flexibility index (Phi) is 4.57. The van der Waals surface area contributed by atoms with Gasteiger partial charge in [-0.2, -0.15) is 0 Å². The molecule has 2 heterocycles. The highest BCUT2D eigenvalue weighted by atomic mass is 79.9. The minimum absolute atomic E-state index is 0.0933. The van der Waals surface area contributed by atoms with E-state index < -0.39 is 41.0 Å². The quantitative estimate of drug-likeness (QED) is 0.690. The van der Waals surface area contributed by atoms with Crippen LogP contribution in [0.15, 0.2) is 16.6 Å². The summed E-state index contributed by atoms with van der Waals surface area (Å²) in [6.45, 7) is 4.78. The van der Waals surface area contributed by atoms with E-state index >= 15 is 0 Å². The third-order valence-corrected chi connectivity index (χ3v) is 4.88. The molecule has 27 heavy (non-hydrogen) atoms. The van der Waals surface area contributed by atoms with Crippen molar-refractivity contribution < 1.29 is 28.2 Å². The van der Waals surface area contributed by atoms with Gasteiger partial charge in [-0.3, -0.25) is 14.5 Å². The zero-order chi connectivity index (χ0) is 20.1. The summed E-state index contributed by atoms with van der Waals surface area (Å²) >= 11 is 3.17. The summed E-state index contributed by atoms with van der Waals surface area (Å²) in [5.41, 5.74) is 3.33. The number of amides is 3. The molecule has 1 fully saturated rings. The minimum Gasteiger partial charge on any atom is -0.473 e. The van der Waals surface area contributed by atoms with Crippen LogP contribution in [-0.2, 0) is 14.3 Å². The number of primary amides is 1. The van der Waals surface area contributed by atoms with Crippen molar-refractivity contribution >= 4 is 39.5 Å². The monoisotopic (exact) mass is 443 g/mol. The van der Waals surface area contributed by atoms with E-state index in [1.807, 2.05) is 0 Å². The molecule has 1 aromatic carbocycles. The third kappa shape index (κ3) is 3.58. The van der Waals surface area contributed by atoms with Crippen LogP contribution in [0.1, 0.15) is 27.2 Å². The van der Waals surface area contributed by atoms with Crippen LogP contribution in [0.3, 0.4) is 0 Å². The Bertz CT molecular complexity index is 841. The number of nitrogens with two attached hydrogens (primary N) is 1. The number of likely N-dealkylation sites (tertiary alicyclic amines) is 1. The fraction of sp³-hybridized carbons (Fsp3) is 0.471. The first-order valence-electron chi connectivity index (χ1n) is 8.20. The summed E-state index contributed by atoms with van der Waals surface area (Å²) in [4.78, 5) is 38.2. The van der Waals surface area contributed by atoms with E-state index in [-0.39, 0.29) is 24.4 Å². The largest absolute Gasteiger partial charge is 0.473 e. The van der Waals surface area contributed by atoms with E-state index in [2.05, 4.69) is 21.2 Å². The van der Waals surface area contributed by atoms with Crippen molar-refractivity contribution in [1.82, 2.24) is 4.90 Å². The number of hydrogen-bond acceptors (Lipinski definition) is 5. The second-order valence-corrected chi connectivity index (χ2v) is 8.40. The maximum absolute atomic E-state index is 13.7. The fourth-order valence-electron chi connectivity index (χ4n) is 3.11. The molecule has 8 nitrogen and oxygen atoms in total. The lowest BCUT2D eigenvalue weighted by Gasteiger charge is -2.34. The van der Waals surface area contributed by atoms with Crippen molar-refractivity contribution in [3.63, 3.8) is 0 Å². The number of carbonyl (C=O) groups is 3. The molecule has 0 radical (unpaired) electrons. The van der Waals surface area contributed by atoms with E-state index in [1.165, 1.54) is 6.07 Å². The van der Waals surface area contributed by atoms with Gasteiger partial charge in [0.2, 0.25) is 11.5 Å². The number of carbonyl (C=O) groups excluding carboxylic acids is 3. The van der Waals surface area contributed by atoms with E-state index in [1.54, 1.807) is 20.8 Å². The van der Waals surface area contributed by atoms with Gasteiger partial charge in [0.25, 0.3) is 5.91 Å². The van der Waals surface area contributed by atoms with E-state index in [0.29, 0.717) is 4.47 Å². The van der Waals surface area contributed by atoms with Crippen LogP contribution in [0.5, 0.6) is 5.75 Å². The molecule has 0 bridgehead atoms. The number of rotatable bonds is 1. The van der Waals surface area contributed by atoms with Gasteiger partial charge in [-0.15, -0.1) is 0 Å². The molecule has 0 aromatic heterocycles. The third-order valence-electron chi connectivity index (χ3n) is 4.26. The normalized spacial score (nSPS) is 24.3. The molecule has 2 aliphatic heterocycles. The second kappa shape index (κ2) is 6.36. The van der Waals surface area contributed by atoms with Crippen LogP contribution < -0.4 is 15.8 Å². The molecule has 146 valence electrons. The summed E-state index contributed by atoms with van der Waals surface area (Å²) in [5.74, 6) is -1.82. The molecule has 0 unspecified atom stereocenters. The molecule has 1 aromatic rings. The molecule has 3 amide bonds. The molecule has 2 atom stereocenters. The van der Waals surface area contributed by atoms with Gasteiger partial charge in [-0.25, -0.2) is 9.18 Å². The van der Waals surface area contributed by atoms with Gasteiger partial charge in [0.1, 0.15) is 23.2 Å². The lowest BCUT2D eigenvalue weighted by atomic mass is 9.96. The number of fused-ring (bicyclic) bond motifs is 1. The predicted octanol–water partition coefficient (Wildman–Crippen LogP) is 2.15. The maximum Gasteiger partial charge on any atom is 0.411 e. The standard InChI is InChI=1S/C17H19BrFN3O5/c1-16(2,3)27-15(25)22-7-17(6-10(22)13(20)23)14(24)21-12-9(18)4-8(19)5-11(12)26-17/h4-5,10H,6-7H2,1-3H3,(H2,20,23)(H,21,24)/t10-,17+/m0/s1. The number of benzene rings is 1. The highest BCUT2D eigenvalue weighted by molar-refractivity contribution is 9.10. The van der Waals surface area contributed by atoms with E-state index in [4.69, 9.17) is 15.2 Å². The first kappa shape index (κ1) is 19.4. The summed E-state index contributed by atoms with van der Waals surface area (Å²) in [6, 6.07) is 1.22. The average molecular weight is 444 g/mol. The van der Waals surface area contributed by atoms with Crippen molar-refractivity contribution in [2.45, 2.75) is 44.4 Å². The Labute approximate surface area is 163 Å². The summed E-state index contributed by atoms with van der Waals surface area (Å²) in [7, 11) is 0. The summed E-state index contributed by atoms with van der Waals surface area (Å²) in [5, 5.41) is 2.65. The minimum atomic E-state index is -1.57. The highest BCUT2D eigenvalue weighted by Crippen LogP contribution is 2.44. The molecule has 10 heteroatoms. The molecule has 0 aliphatic carbocycles. The van der Waals surface area contributed by atoms with Crippen molar-refractivity contribution in [2.24, 2.45) is 5.73 Å². The molecule has 1 saturated heterocycles. The first-order valence-corrected chi connectivity index (χ1v) is 9.00. The maximum atomic E-state index is 13.7. The lowest BCUT2D eigenvalue weighted by Crippen LogP contribution is -2.53. The van der Waals surface area contributed by atoms with Gasteiger partial charge in [-0.05, 0) is 42.8 Å². The van der Waals surface area contributed by atoms with Crippen LogP contribution in [-0.4, -0.2) is 46.6 Å². The molecule has 1 spiro atoms. The SMILES string of the molecule is CC(C)(C)OC(=O)N1C[C@@]2(C[C@H]1C(N)=O)Oc1cc(F)cc(Br)c1NC2=O. The number of anilines is 1. The van der Waals surface area contributed by atoms with Gasteiger partial charge in [0, 0.05) is 17.0 Å². The van der Waals surface area contributed by atoms with Gasteiger partial charge in [0.15, 0.2) is 0 Å². The summed E-state index contributed by atoms with van der Waals surface area (Å²) in [6.07, 6.45) is -0.952. The van der Waals surface area contributed by atoms with E-state index in [0.717, 1.165) is 11.0 Å². The van der Waals surface area contributed by atoms with Crippen molar-refractivity contribution in [3.8, 4) is 5.75 Å². The molecule has 2 aliphatic rings. The molecule has 3 rings (SSSR count). The predicted molar refractivity (Wildman–Crippen MR) is 96.6 cm³/mol. The topological polar surface area (TPSA) is 111 Å². The number of halogens is 2. The molecular weight excluding hydrogens is 425 g/mol. The molecular formula is C17H19BrFN3O5. The number of nitrogens with zero attached hydrogens (tertiary/aromatic N) is 1. The number of ether oxygens (including phenoxy) is 2. The Balaban J connectivity index is 1.95. The Morgan fingerprint density at radius 3 is 2.70 bits per heavy atom. The first-order chi connectivity index (χ1) is 12.4. The van der Waals surface area contributed by atoms with Gasteiger partial charge >= 0.3 is 6.09 Å². The smallest absolute Gasteiger partial charge is 0.411 e. The van der Waals surface area contributed by atoms with Crippen LogP contribution >= 0.6 is 15.9 Å². The lowest BCUT2D eigenvalue weighted by molar-refractivity contribution is -0.131. The Hall–Kier alpha value is -2.36. The van der Waals surface area contributed by atoms with E-state index in [9.17, 15) is 18.8 Å². The van der Waals surface area contributed by atoms with Gasteiger partial charge in [0.05, 0.1) is 12.2 Å². The van der Waals surface area contributed by atoms with Gasteiger partial charge in [-0.1, -0.05) is 0 Å². The van der Waals surface area contributed by atoms with Crippen LogP contribution in [0, 0.1) is 5.82 Å². The Morgan fingerprint density at radius 1 is 1.44 bits per heavy atom.